The van der Waals surface area contributed by atoms with E-state index < -0.39 is 5.82 Å². The minimum Gasteiger partial charge on any atom is -0.494 e. The van der Waals surface area contributed by atoms with Crippen LogP contribution in [-0.4, -0.2) is 42.4 Å². The van der Waals surface area contributed by atoms with E-state index in [1.165, 1.54) is 13.2 Å². The van der Waals surface area contributed by atoms with Gasteiger partial charge in [0.1, 0.15) is 0 Å². The maximum atomic E-state index is 14.5. The van der Waals surface area contributed by atoms with Gasteiger partial charge >= 0.3 is 0 Å². The van der Waals surface area contributed by atoms with E-state index in [1.54, 1.807) is 53.1 Å². The first-order chi connectivity index (χ1) is 17.8. The monoisotopic (exact) mass is 499 g/mol. The molecule has 0 aliphatic heterocycles. The summed E-state index contributed by atoms with van der Waals surface area (Å²) in [4.78, 5) is 22.5. The number of aromatic nitrogens is 6. The quantitative estimate of drug-likeness (QED) is 0.309. The van der Waals surface area contributed by atoms with Gasteiger partial charge in [0, 0.05) is 56.0 Å². The molecule has 188 valence electrons. The lowest BCUT2D eigenvalue weighted by atomic mass is 9.87. The Hall–Kier alpha value is -4.60. The highest BCUT2D eigenvalue weighted by Gasteiger charge is 2.22. The van der Waals surface area contributed by atoms with Crippen molar-refractivity contribution in [3.63, 3.8) is 0 Å². The Morgan fingerprint density at radius 3 is 2.59 bits per heavy atom. The molecule has 5 aromatic rings. The minimum atomic E-state index is -0.479. The van der Waals surface area contributed by atoms with Gasteiger partial charge in [-0.1, -0.05) is 18.2 Å². The van der Waals surface area contributed by atoms with Crippen molar-refractivity contribution < 1.29 is 13.9 Å². The van der Waals surface area contributed by atoms with E-state index in [1.807, 2.05) is 32.4 Å². The number of carbonyl (C=O) groups is 1. The van der Waals surface area contributed by atoms with Gasteiger partial charge in [0.25, 0.3) is 0 Å². The molecule has 0 spiro atoms. The lowest BCUT2D eigenvalue weighted by Gasteiger charge is -2.16. The number of benzene rings is 2. The smallest absolute Gasteiger partial charge is 0.227 e. The minimum absolute atomic E-state index is 0.0943. The molecular formula is C27H26FN7O2. The molecule has 0 aliphatic rings. The van der Waals surface area contributed by atoms with E-state index in [9.17, 15) is 9.18 Å². The van der Waals surface area contributed by atoms with Crippen LogP contribution in [0.3, 0.4) is 0 Å². The van der Waals surface area contributed by atoms with Crippen molar-refractivity contribution in [2.45, 2.75) is 19.3 Å². The fourth-order valence-corrected chi connectivity index (χ4v) is 4.35. The number of Topliss-reactive ketones (excluding diaryl/α,β-unsaturated/α-hetero) is 1. The van der Waals surface area contributed by atoms with Crippen LogP contribution in [0.2, 0.25) is 0 Å². The molecule has 0 radical (unpaired) electrons. The highest BCUT2D eigenvalue weighted by Crippen LogP contribution is 2.32. The van der Waals surface area contributed by atoms with Crippen LogP contribution in [0.1, 0.15) is 39.5 Å². The number of rotatable bonds is 8. The van der Waals surface area contributed by atoms with Crippen molar-refractivity contribution in [1.29, 1.82) is 0 Å². The molecule has 0 aliphatic carbocycles. The maximum absolute atomic E-state index is 14.5. The SMILES string of the molecule is COc1ccc([C@H](CC(=O)c2ccc3cnc(Nc4cn(C)nc4C)nc3c2)c2cnn(C)c2)cc1F. The summed E-state index contributed by atoms with van der Waals surface area (Å²) in [6.45, 7) is 1.90. The molecule has 0 fully saturated rings. The molecule has 1 N–H and O–H groups in total. The van der Waals surface area contributed by atoms with E-state index in [2.05, 4.69) is 25.5 Å². The number of carbonyl (C=O) groups excluding carboxylic acids is 1. The Bertz CT molecular complexity index is 1610. The van der Waals surface area contributed by atoms with Crippen LogP contribution in [0, 0.1) is 12.7 Å². The first kappa shape index (κ1) is 24.1. The summed E-state index contributed by atoms with van der Waals surface area (Å²) < 4.78 is 23.0. The van der Waals surface area contributed by atoms with E-state index in [-0.39, 0.29) is 23.9 Å². The molecule has 0 saturated carbocycles. The fraction of sp³-hybridized carbons (Fsp3) is 0.222. The van der Waals surface area contributed by atoms with Crippen molar-refractivity contribution in [2.75, 3.05) is 12.4 Å². The lowest BCUT2D eigenvalue weighted by Crippen LogP contribution is -2.10. The predicted octanol–water partition coefficient (Wildman–Crippen LogP) is 4.70. The van der Waals surface area contributed by atoms with Crippen LogP contribution >= 0.6 is 0 Å². The highest BCUT2D eigenvalue weighted by atomic mass is 19.1. The Morgan fingerprint density at radius 2 is 1.92 bits per heavy atom. The second kappa shape index (κ2) is 9.81. The normalized spacial score (nSPS) is 12.0. The largest absolute Gasteiger partial charge is 0.494 e. The average Bonchev–Trinajstić information content (AvgIpc) is 3.45. The standard InChI is InChI=1S/C27H26FN7O2/c1-16-24(15-35(3)33-16)32-27-29-12-19-6-5-18(10-23(19)31-27)25(36)11-21(20-13-30-34(2)14-20)17-7-8-26(37-4)22(28)9-17/h5-10,12-15,21H,11H2,1-4H3,(H,29,31,32)/t21-/m0/s1. The van der Waals surface area contributed by atoms with Gasteiger partial charge in [0.15, 0.2) is 17.3 Å². The zero-order valence-electron chi connectivity index (χ0n) is 20.9. The van der Waals surface area contributed by atoms with Crippen LogP contribution in [0.5, 0.6) is 5.75 Å². The molecule has 0 unspecified atom stereocenters. The van der Waals surface area contributed by atoms with Gasteiger partial charge in [-0.25, -0.2) is 14.4 Å². The van der Waals surface area contributed by atoms with Gasteiger partial charge in [-0.2, -0.15) is 10.2 Å². The number of aryl methyl sites for hydroxylation is 3. The third kappa shape index (κ3) is 5.04. The van der Waals surface area contributed by atoms with Crippen LogP contribution in [0.4, 0.5) is 16.0 Å². The number of ether oxygens (including phenoxy) is 1. The van der Waals surface area contributed by atoms with Crippen molar-refractivity contribution in [1.82, 2.24) is 29.5 Å². The molecule has 0 amide bonds. The molecule has 3 heterocycles. The number of nitrogens with zero attached hydrogens (tertiary/aromatic N) is 6. The third-order valence-corrected chi connectivity index (χ3v) is 6.26. The molecule has 3 aromatic heterocycles. The molecule has 5 rings (SSSR count). The molecule has 2 aromatic carbocycles. The summed E-state index contributed by atoms with van der Waals surface area (Å²) in [6.07, 6.45) is 7.23. The predicted molar refractivity (Wildman–Crippen MR) is 138 cm³/mol. The number of nitrogens with one attached hydrogen (secondary N) is 1. The number of halogens is 1. The summed E-state index contributed by atoms with van der Waals surface area (Å²) in [5.41, 5.74) is 4.27. The van der Waals surface area contributed by atoms with Gasteiger partial charge in [-0.3, -0.25) is 14.2 Å². The summed E-state index contributed by atoms with van der Waals surface area (Å²) >= 11 is 0. The van der Waals surface area contributed by atoms with Crippen molar-refractivity contribution in [2.24, 2.45) is 14.1 Å². The summed E-state index contributed by atoms with van der Waals surface area (Å²) in [7, 11) is 5.07. The molecular weight excluding hydrogens is 473 g/mol. The second-order valence-corrected chi connectivity index (χ2v) is 8.92. The lowest BCUT2D eigenvalue weighted by molar-refractivity contribution is 0.0977. The first-order valence-electron chi connectivity index (χ1n) is 11.7. The van der Waals surface area contributed by atoms with Crippen LogP contribution in [0.25, 0.3) is 10.9 Å². The second-order valence-electron chi connectivity index (χ2n) is 8.92. The number of ketones is 1. The number of hydrogen-bond donors (Lipinski definition) is 1. The first-order valence-corrected chi connectivity index (χ1v) is 11.7. The van der Waals surface area contributed by atoms with Crippen LogP contribution in [-0.2, 0) is 14.1 Å². The summed E-state index contributed by atoms with van der Waals surface area (Å²) in [5, 5.41) is 12.6. The van der Waals surface area contributed by atoms with Gasteiger partial charge in [0.05, 0.1) is 30.2 Å². The summed E-state index contributed by atoms with van der Waals surface area (Å²) in [5.74, 6) is -0.389. The van der Waals surface area contributed by atoms with Gasteiger partial charge in [0.2, 0.25) is 5.95 Å². The summed E-state index contributed by atoms with van der Waals surface area (Å²) in [6, 6.07) is 10.1. The Kier molecular flexibility index (Phi) is 6.39. The van der Waals surface area contributed by atoms with E-state index in [4.69, 9.17) is 4.74 Å². The Balaban J connectivity index is 1.44. The molecule has 1 atom stereocenters. The van der Waals surface area contributed by atoms with Gasteiger partial charge in [-0.15, -0.1) is 0 Å². The molecule has 10 heteroatoms. The van der Waals surface area contributed by atoms with E-state index >= 15 is 0 Å². The number of methoxy groups -OCH3 is 1. The average molecular weight is 500 g/mol. The number of anilines is 2. The van der Waals surface area contributed by atoms with Gasteiger partial charge in [-0.05, 0) is 36.2 Å². The Labute approximate surface area is 212 Å². The molecule has 9 nitrogen and oxygen atoms in total. The van der Waals surface area contributed by atoms with Crippen LogP contribution in [0.15, 0.2) is 61.2 Å². The molecule has 0 saturated heterocycles. The topological polar surface area (TPSA) is 99.8 Å². The van der Waals surface area contributed by atoms with Crippen LogP contribution < -0.4 is 10.1 Å². The van der Waals surface area contributed by atoms with E-state index in [0.29, 0.717) is 22.6 Å². The zero-order valence-corrected chi connectivity index (χ0v) is 20.9. The Morgan fingerprint density at radius 1 is 1.08 bits per heavy atom. The molecule has 0 bridgehead atoms. The van der Waals surface area contributed by atoms with Gasteiger partial charge < -0.3 is 10.1 Å². The number of hydrogen-bond acceptors (Lipinski definition) is 7. The zero-order chi connectivity index (χ0) is 26.1. The van der Waals surface area contributed by atoms with Crippen molar-refractivity contribution in [3.8, 4) is 5.75 Å². The van der Waals surface area contributed by atoms with Crippen molar-refractivity contribution >= 4 is 28.3 Å². The van der Waals surface area contributed by atoms with Crippen molar-refractivity contribution in [3.05, 3.63) is 89.4 Å². The fourth-order valence-electron chi connectivity index (χ4n) is 4.35. The number of fused-ring (bicyclic) bond motifs is 1. The van der Waals surface area contributed by atoms with E-state index in [0.717, 1.165) is 22.3 Å². The third-order valence-electron chi connectivity index (χ3n) is 6.26. The highest BCUT2D eigenvalue weighted by molar-refractivity contribution is 6.00. The maximum Gasteiger partial charge on any atom is 0.227 e. The molecule has 37 heavy (non-hydrogen) atoms.